The van der Waals surface area contributed by atoms with Crippen LogP contribution in [0.3, 0.4) is 0 Å². The zero-order valence-electron chi connectivity index (χ0n) is 7.49. The Bertz CT molecular complexity index is 364. The highest BCUT2D eigenvalue weighted by atomic mass is 19.2. The van der Waals surface area contributed by atoms with E-state index in [1.807, 2.05) is 0 Å². The summed E-state index contributed by atoms with van der Waals surface area (Å²) in [6, 6.07) is 0. The molecule has 0 saturated heterocycles. The number of rotatable bonds is 2. The molecule has 0 atom stereocenters. The first-order valence-electron chi connectivity index (χ1n) is 3.76. The maximum atomic E-state index is 12.9. The van der Waals surface area contributed by atoms with Crippen molar-refractivity contribution in [1.82, 2.24) is 5.06 Å². The zero-order valence-corrected chi connectivity index (χ0v) is 7.49. The summed E-state index contributed by atoms with van der Waals surface area (Å²) >= 11 is 0. The van der Waals surface area contributed by atoms with E-state index in [2.05, 4.69) is 0 Å². The molecule has 0 radical (unpaired) electrons. The molecule has 2 nitrogen and oxygen atoms in total. The van der Waals surface area contributed by atoms with Gasteiger partial charge in [0.1, 0.15) is 0 Å². The molecule has 84 valence electrons. The molecule has 0 saturated carbocycles. The Morgan fingerprint density at radius 2 is 1.20 bits per heavy atom. The molecule has 0 amide bonds. The number of halogens is 5. The fraction of sp³-hybridized carbons (Fsp3) is 0.250. The van der Waals surface area contributed by atoms with Crippen LogP contribution < -0.4 is 0 Å². The molecule has 0 spiro atoms. The van der Waals surface area contributed by atoms with Gasteiger partial charge in [-0.3, -0.25) is 0 Å². The fourth-order valence-corrected chi connectivity index (χ4v) is 1.02. The second-order valence-corrected chi connectivity index (χ2v) is 2.86. The Kier molecular flexibility index (Phi) is 3.25. The van der Waals surface area contributed by atoms with Gasteiger partial charge in [-0.1, -0.05) is 0 Å². The summed E-state index contributed by atoms with van der Waals surface area (Å²) in [7, 11) is 1.01. The quantitative estimate of drug-likeness (QED) is 0.362. The van der Waals surface area contributed by atoms with Gasteiger partial charge < -0.3 is 5.21 Å². The molecule has 0 fully saturated rings. The van der Waals surface area contributed by atoms with Crippen LogP contribution in [0.15, 0.2) is 0 Å². The Hall–Kier alpha value is -1.21. The van der Waals surface area contributed by atoms with Crippen LogP contribution in [-0.2, 0) is 6.54 Å². The molecule has 1 aromatic carbocycles. The molecule has 0 heterocycles. The molecule has 0 aliphatic rings. The van der Waals surface area contributed by atoms with E-state index in [1.54, 1.807) is 0 Å². The number of benzene rings is 1. The highest BCUT2D eigenvalue weighted by molar-refractivity contribution is 5.23. The van der Waals surface area contributed by atoms with Gasteiger partial charge in [0.25, 0.3) is 0 Å². The monoisotopic (exact) mass is 227 g/mol. The molecule has 15 heavy (non-hydrogen) atoms. The fourth-order valence-electron chi connectivity index (χ4n) is 1.02. The van der Waals surface area contributed by atoms with Crippen LogP contribution in [0.5, 0.6) is 0 Å². The van der Waals surface area contributed by atoms with E-state index in [1.165, 1.54) is 0 Å². The maximum Gasteiger partial charge on any atom is 0.200 e. The molecule has 1 rings (SSSR count). The first-order valence-corrected chi connectivity index (χ1v) is 3.76. The van der Waals surface area contributed by atoms with Crippen molar-refractivity contribution in [2.45, 2.75) is 6.54 Å². The average Bonchev–Trinajstić information content (AvgIpc) is 2.18. The normalized spacial score (nSPS) is 11.2. The van der Waals surface area contributed by atoms with Crippen LogP contribution >= 0.6 is 0 Å². The van der Waals surface area contributed by atoms with Crippen molar-refractivity contribution in [2.75, 3.05) is 7.05 Å². The summed E-state index contributed by atoms with van der Waals surface area (Å²) in [5.74, 6) is -10.1. The summed E-state index contributed by atoms with van der Waals surface area (Å²) in [6.45, 7) is -0.800. The van der Waals surface area contributed by atoms with Crippen LogP contribution in [0, 0.1) is 29.1 Å². The number of nitrogens with zero attached hydrogens (tertiary/aromatic N) is 1. The van der Waals surface area contributed by atoms with Crippen LogP contribution in [0.25, 0.3) is 0 Å². The highest BCUT2D eigenvalue weighted by Crippen LogP contribution is 2.23. The van der Waals surface area contributed by atoms with Crippen molar-refractivity contribution < 1.29 is 27.2 Å². The predicted molar refractivity (Wildman–Crippen MR) is 39.5 cm³/mol. The molecular formula is C8H6F5NO. The first-order chi connectivity index (χ1) is 6.86. The topological polar surface area (TPSA) is 23.5 Å². The van der Waals surface area contributed by atoms with E-state index in [9.17, 15) is 22.0 Å². The van der Waals surface area contributed by atoms with Crippen LogP contribution in [0.1, 0.15) is 5.56 Å². The van der Waals surface area contributed by atoms with Gasteiger partial charge >= 0.3 is 0 Å². The van der Waals surface area contributed by atoms with Crippen LogP contribution in [0.2, 0.25) is 0 Å². The molecule has 0 bridgehead atoms. The molecular weight excluding hydrogens is 221 g/mol. The van der Waals surface area contributed by atoms with Crippen molar-refractivity contribution in [3.63, 3.8) is 0 Å². The molecule has 1 aromatic rings. The van der Waals surface area contributed by atoms with Crippen molar-refractivity contribution in [1.29, 1.82) is 0 Å². The standard InChI is InChI=1S/C8H6F5NO/c1-14(15)2-3-4(9)6(11)8(13)7(12)5(3)10/h15H,2H2,1H3. The van der Waals surface area contributed by atoms with E-state index in [-0.39, 0.29) is 0 Å². The second-order valence-electron chi connectivity index (χ2n) is 2.86. The number of hydrogen-bond acceptors (Lipinski definition) is 2. The summed E-state index contributed by atoms with van der Waals surface area (Å²) in [5.41, 5.74) is -1.07. The maximum absolute atomic E-state index is 12.9. The van der Waals surface area contributed by atoms with Gasteiger partial charge in [-0.05, 0) is 0 Å². The third-order valence-electron chi connectivity index (χ3n) is 1.69. The minimum Gasteiger partial charge on any atom is -0.314 e. The Labute approximate surface area is 81.5 Å². The minimum absolute atomic E-state index is 0.304. The summed E-state index contributed by atoms with van der Waals surface area (Å²) in [4.78, 5) is 0. The summed E-state index contributed by atoms with van der Waals surface area (Å²) in [5, 5.41) is 8.97. The van der Waals surface area contributed by atoms with E-state index in [0.717, 1.165) is 7.05 Å². The van der Waals surface area contributed by atoms with Gasteiger partial charge in [0.2, 0.25) is 5.82 Å². The zero-order chi connectivity index (χ0) is 11.7. The molecule has 0 aromatic heterocycles. The lowest BCUT2D eigenvalue weighted by Crippen LogP contribution is -2.17. The predicted octanol–water partition coefficient (Wildman–Crippen LogP) is 2.20. The smallest absolute Gasteiger partial charge is 0.200 e. The lowest BCUT2D eigenvalue weighted by molar-refractivity contribution is -0.0748. The summed E-state index contributed by atoms with van der Waals surface area (Å²) < 4.78 is 63.5. The highest BCUT2D eigenvalue weighted by Gasteiger charge is 2.25. The van der Waals surface area contributed by atoms with Crippen LogP contribution in [-0.4, -0.2) is 17.3 Å². The van der Waals surface area contributed by atoms with E-state index < -0.39 is 41.2 Å². The minimum atomic E-state index is -2.21. The second kappa shape index (κ2) is 4.11. The average molecular weight is 227 g/mol. The number of hydroxylamine groups is 2. The van der Waals surface area contributed by atoms with Crippen molar-refractivity contribution in [3.05, 3.63) is 34.6 Å². The molecule has 1 N–H and O–H groups in total. The van der Waals surface area contributed by atoms with Crippen molar-refractivity contribution in [2.24, 2.45) is 0 Å². The summed E-state index contributed by atoms with van der Waals surface area (Å²) in [6.07, 6.45) is 0. The lowest BCUT2D eigenvalue weighted by Gasteiger charge is -2.11. The van der Waals surface area contributed by atoms with Crippen LogP contribution in [0.4, 0.5) is 22.0 Å². The molecule has 0 aliphatic carbocycles. The van der Waals surface area contributed by atoms with Gasteiger partial charge in [-0.25, -0.2) is 22.0 Å². The molecule has 0 unspecified atom stereocenters. The van der Waals surface area contributed by atoms with Crippen molar-refractivity contribution in [3.8, 4) is 0 Å². The Balaban J connectivity index is 3.39. The van der Waals surface area contributed by atoms with E-state index in [4.69, 9.17) is 5.21 Å². The van der Waals surface area contributed by atoms with Gasteiger partial charge in [0.05, 0.1) is 6.54 Å². The Morgan fingerprint density at radius 1 is 0.867 bits per heavy atom. The Morgan fingerprint density at radius 3 is 1.53 bits per heavy atom. The van der Waals surface area contributed by atoms with Gasteiger partial charge in [-0.15, -0.1) is 0 Å². The van der Waals surface area contributed by atoms with Gasteiger partial charge in [-0.2, -0.15) is 5.06 Å². The SMILES string of the molecule is CN(O)Cc1c(F)c(F)c(F)c(F)c1F. The van der Waals surface area contributed by atoms with Gasteiger partial charge in [0.15, 0.2) is 23.3 Å². The third-order valence-corrected chi connectivity index (χ3v) is 1.69. The third kappa shape index (κ3) is 2.07. The first kappa shape index (κ1) is 11.9. The lowest BCUT2D eigenvalue weighted by atomic mass is 10.1. The molecule has 7 heteroatoms. The molecule has 0 aliphatic heterocycles. The van der Waals surface area contributed by atoms with Crippen molar-refractivity contribution >= 4 is 0 Å². The van der Waals surface area contributed by atoms with E-state index in [0.29, 0.717) is 5.06 Å². The van der Waals surface area contributed by atoms with E-state index >= 15 is 0 Å². The largest absolute Gasteiger partial charge is 0.314 e. The van der Waals surface area contributed by atoms with Gasteiger partial charge in [0, 0.05) is 12.6 Å². The number of hydrogen-bond donors (Lipinski definition) is 1.